The third kappa shape index (κ3) is 2.50. The summed E-state index contributed by atoms with van der Waals surface area (Å²) in [6.45, 7) is 1.83. The van der Waals surface area contributed by atoms with Crippen LogP contribution >= 0.6 is 0 Å². The minimum atomic E-state index is -0.387. The van der Waals surface area contributed by atoms with Gasteiger partial charge in [-0.2, -0.15) is 0 Å². The van der Waals surface area contributed by atoms with Gasteiger partial charge in [-0.25, -0.2) is 0 Å². The Kier molecular flexibility index (Phi) is 3.04. The molecule has 0 aromatic heterocycles. The zero-order chi connectivity index (χ0) is 8.97. The summed E-state index contributed by atoms with van der Waals surface area (Å²) in [6, 6.07) is 0. The smallest absolute Gasteiger partial charge is 0.225 e. The highest BCUT2D eigenvalue weighted by Gasteiger charge is 2.24. The van der Waals surface area contributed by atoms with Crippen molar-refractivity contribution < 1.29 is 9.59 Å². The van der Waals surface area contributed by atoms with Crippen LogP contribution in [-0.4, -0.2) is 31.4 Å². The number of hydrogen-bond donors (Lipinski definition) is 3. The SMILES string of the molecule is NC(=O)CCNC(=O)C1CNC1. The second kappa shape index (κ2) is 4.06. The van der Waals surface area contributed by atoms with Crippen LogP contribution in [0.2, 0.25) is 0 Å². The molecule has 1 heterocycles. The molecule has 12 heavy (non-hydrogen) atoms. The van der Waals surface area contributed by atoms with Crippen LogP contribution in [0.4, 0.5) is 0 Å². The van der Waals surface area contributed by atoms with Gasteiger partial charge in [-0.1, -0.05) is 0 Å². The zero-order valence-electron chi connectivity index (χ0n) is 6.80. The molecule has 1 rings (SSSR count). The Balaban J connectivity index is 2.05. The number of nitrogens with one attached hydrogen (secondary N) is 2. The molecule has 1 saturated heterocycles. The van der Waals surface area contributed by atoms with Gasteiger partial charge in [0.15, 0.2) is 0 Å². The van der Waals surface area contributed by atoms with Crippen molar-refractivity contribution in [2.45, 2.75) is 6.42 Å². The molecule has 0 aromatic carbocycles. The summed E-state index contributed by atoms with van der Waals surface area (Å²) < 4.78 is 0. The van der Waals surface area contributed by atoms with Crippen molar-refractivity contribution in [1.29, 1.82) is 0 Å². The van der Waals surface area contributed by atoms with Crippen LogP contribution in [0.3, 0.4) is 0 Å². The lowest BCUT2D eigenvalue weighted by Crippen LogP contribution is -2.51. The van der Waals surface area contributed by atoms with E-state index in [1.165, 1.54) is 0 Å². The van der Waals surface area contributed by atoms with Gasteiger partial charge in [-0.15, -0.1) is 0 Å². The van der Waals surface area contributed by atoms with Gasteiger partial charge in [0.2, 0.25) is 11.8 Å². The minimum absolute atomic E-state index is 0.00926. The maximum atomic E-state index is 11.1. The van der Waals surface area contributed by atoms with Crippen molar-refractivity contribution >= 4 is 11.8 Å². The van der Waals surface area contributed by atoms with E-state index < -0.39 is 0 Å². The number of hydrogen-bond acceptors (Lipinski definition) is 3. The Hall–Kier alpha value is -1.10. The van der Waals surface area contributed by atoms with Crippen LogP contribution in [0.25, 0.3) is 0 Å². The van der Waals surface area contributed by atoms with E-state index in [9.17, 15) is 9.59 Å². The molecule has 0 saturated carbocycles. The van der Waals surface area contributed by atoms with E-state index in [0.29, 0.717) is 6.54 Å². The second-order valence-electron chi connectivity index (χ2n) is 2.86. The van der Waals surface area contributed by atoms with Gasteiger partial charge >= 0.3 is 0 Å². The van der Waals surface area contributed by atoms with E-state index in [4.69, 9.17) is 5.73 Å². The van der Waals surface area contributed by atoms with Gasteiger partial charge < -0.3 is 16.4 Å². The maximum Gasteiger partial charge on any atom is 0.225 e. The predicted molar refractivity (Wildman–Crippen MR) is 43.2 cm³/mol. The largest absolute Gasteiger partial charge is 0.370 e. The van der Waals surface area contributed by atoms with Gasteiger partial charge in [0.1, 0.15) is 0 Å². The first-order valence-electron chi connectivity index (χ1n) is 3.97. The summed E-state index contributed by atoms with van der Waals surface area (Å²) in [5.74, 6) is -0.296. The van der Waals surface area contributed by atoms with Crippen LogP contribution in [-0.2, 0) is 9.59 Å². The molecule has 2 amide bonds. The molecule has 1 aliphatic rings. The molecule has 5 heteroatoms. The molecule has 68 valence electrons. The van der Waals surface area contributed by atoms with Crippen molar-refractivity contribution in [3.63, 3.8) is 0 Å². The molecule has 0 unspecified atom stereocenters. The average Bonchev–Trinajstić information content (AvgIpc) is 1.81. The summed E-state index contributed by atoms with van der Waals surface area (Å²) in [5.41, 5.74) is 4.90. The van der Waals surface area contributed by atoms with Crippen molar-refractivity contribution in [3.8, 4) is 0 Å². The highest BCUT2D eigenvalue weighted by Crippen LogP contribution is 2.01. The van der Waals surface area contributed by atoms with Crippen LogP contribution in [0, 0.1) is 5.92 Å². The number of carbonyl (C=O) groups is 2. The minimum Gasteiger partial charge on any atom is -0.370 e. The molecular formula is C7H13N3O2. The number of rotatable bonds is 4. The fourth-order valence-corrected chi connectivity index (χ4v) is 0.927. The number of amides is 2. The monoisotopic (exact) mass is 171 g/mol. The number of nitrogens with two attached hydrogens (primary N) is 1. The lowest BCUT2D eigenvalue weighted by atomic mass is 10.0. The fourth-order valence-electron chi connectivity index (χ4n) is 0.927. The van der Waals surface area contributed by atoms with Gasteiger partial charge in [-0.3, -0.25) is 9.59 Å². The Morgan fingerprint density at radius 2 is 2.17 bits per heavy atom. The standard InChI is InChI=1S/C7H13N3O2/c8-6(11)1-2-10-7(12)5-3-9-4-5/h5,9H,1-4H2,(H2,8,11)(H,10,12). The third-order valence-corrected chi connectivity index (χ3v) is 1.82. The number of carbonyl (C=O) groups excluding carboxylic acids is 2. The molecular weight excluding hydrogens is 158 g/mol. The van der Waals surface area contributed by atoms with Crippen LogP contribution in [0.5, 0.6) is 0 Å². The first kappa shape index (κ1) is 8.99. The van der Waals surface area contributed by atoms with Crippen LogP contribution < -0.4 is 16.4 Å². The normalized spacial score (nSPS) is 16.7. The van der Waals surface area contributed by atoms with E-state index in [2.05, 4.69) is 10.6 Å². The Morgan fingerprint density at radius 3 is 2.58 bits per heavy atom. The molecule has 5 nitrogen and oxygen atoms in total. The molecule has 0 aliphatic carbocycles. The van der Waals surface area contributed by atoms with Gasteiger partial charge in [0.05, 0.1) is 5.92 Å². The maximum absolute atomic E-state index is 11.1. The molecule has 1 fully saturated rings. The lowest BCUT2D eigenvalue weighted by Gasteiger charge is -2.25. The molecule has 0 bridgehead atoms. The molecule has 4 N–H and O–H groups in total. The fraction of sp³-hybridized carbons (Fsp3) is 0.714. The molecule has 0 spiro atoms. The van der Waals surface area contributed by atoms with Gasteiger partial charge in [0, 0.05) is 26.1 Å². The second-order valence-corrected chi connectivity index (χ2v) is 2.86. The summed E-state index contributed by atoms with van der Waals surface area (Å²) in [7, 11) is 0. The highest BCUT2D eigenvalue weighted by atomic mass is 16.2. The topological polar surface area (TPSA) is 84.2 Å². The van der Waals surface area contributed by atoms with Crippen molar-refractivity contribution in [2.24, 2.45) is 11.7 Å². The van der Waals surface area contributed by atoms with E-state index in [1.807, 2.05) is 0 Å². The zero-order valence-corrected chi connectivity index (χ0v) is 6.80. The summed E-state index contributed by atoms with van der Waals surface area (Å²) >= 11 is 0. The van der Waals surface area contributed by atoms with Crippen molar-refractivity contribution in [1.82, 2.24) is 10.6 Å². The van der Waals surface area contributed by atoms with E-state index in [-0.39, 0.29) is 24.2 Å². The van der Waals surface area contributed by atoms with Crippen molar-refractivity contribution in [2.75, 3.05) is 19.6 Å². The van der Waals surface area contributed by atoms with E-state index >= 15 is 0 Å². The van der Waals surface area contributed by atoms with Crippen molar-refractivity contribution in [3.05, 3.63) is 0 Å². The number of primary amides is 1. The molecule has 0 atom stereocenters. The molecule has 0 aromatic rings. The quantitative estimate of drug-likeness (QED) is 0.466. The van der Waals surface area contributed by atoms with E-state index in [0.717, 1.165) is 13.1 Å². The third-order valence-electron chi connectivity index (χ3n) is 1.82. The highest BCUT2D eigenvalue weighted by molar-refractivity contribution is 5.81. The first-order chi connectivity index (χ1) is 5.70. The molecule has 1 aliphatic heterocycles. The summed E-state index contributed by atoms with van der Waals surface area (Å²) in [5, 5.41) is 5.63. The lowest BCUT2D eigenvalue weighted by molar-refractivity contribution is -0.126. The Morgan fingerprint density at radius 1 is 1.50 bits per heavy atom. The molecule has 0 radical (unpaired) electrons. The summed E-state index contributed by atoms with van der Waals surface area (Å²) in [4.78, 5) is 21.4. The average molecular weight is 171 g/mol. The van der Waals surface area contributed by atoms with Gasteiger partial charge in [0.25, 0.3) is 0 Å². The van der Waals surface area contributed by atoms with Crippen LogP contribution in [0.15, 0.2) is 0 Å². The predicted octanol–water partition coefficient (Wildman–Crippen LogP) is -1.80. The Labute approximate surface area is 70.7 Å². The Bertz CT molecular complexity index is 189. The summed E-state index contributed by atoms with van der Waals surface area (Å²) in [6.07, 6.45) is 0.214. The van der Waals surface area contributed by atoms with E-state index in [1.54, 1.807) is 0 Å². The van der Waals surface area contributed by atoms with Gasteiger partial charge in [-0.05, 0) is 0 Å². The van der Waals surface area contributed by atoms with Crippen LogP contribution in [0.1, 0.15) is 6.42 Å². The first-order valence-corrected chi connectivity index (χ1v) is 3.97.